The zero-order chi connectivity index (χ0) is 13.0. The zero-order valence-electron chi connectivity index (χ0n) is 11.1. The van der Waals surface area contributed by atoms with Gasteiger partial charge >= 0.3 is 0 Å². The van der Waals surface area contributed by atoms with Crippen LogP contribution in [0, 0.1) is 5.92 Å². The number of nitrogens with one attached hydrogen (secondary N) is 1. The third-order valence-electron chi connectivity index (χ3n) is 3.51. The molecule has 106 valence electrons. The average molecular weight is 285 g/mol. The highest BCUT2D eigenvalue weighted by Crippen LogP contribution is 2.24. The van der Waals surface area contributed by atoms with E-state index in [-0.39, 0.29) is 30.3 Å². The Labute approximate surface area is 120 Å². The molecule has 1 amide bonds. The maximum Gasteiger partial charge on any atom is 0.224 e. The molecule has 1 fully saturated rings. The van der Waals surface area contributed by atoms with Gasteiger partial charge in [0.05, 0.1) is 13.0 Å². The molecule has 0 heterocycles. The van der Waals surface area contributed by atoms with E-state index in [1.54, 1.807) is 7.11 Å². The van der Waals surface area contributed by atoms with Gasteiger partial charge < -0.3 is 15.8 Å². The second-order valence-corrected chi connectivity index (χ2v) is 4.77. The lowest BCUT2D eigenvalue weighted by atomic mass is 10.0. The molecule has 1 aromatic carbocycles. The van der Waals surface area contributed by atoms with Crippen LogP contribution in [0.15, 0.2) is 24.3 Å². The van der Waals surface area contributed by atoms with Crippen molar-refractivity contribution in [1.29, 1.82) is 0 Å². The highest BCUT2D eigenvalue weighted by atomic mass is 35.5. The minimum absolute atomic E-state index is 0. The van der Waals surface area contributed by atoms with Gasteiger partial charge in [0.2, 0.25) is 5.91 Å². The van der Waals surface area contributed by atoms with Crippen LogP contribution in [0.25, 0.3) is 0 Å². The Balaban J connectivity index is 0.00000180. The van der Waals surface area contributed by atoms with Crippen molar-refractivity contribution in [2.24, 2.45) is 11.7 Å². The van der Waals surface area contributed by atoms with Crippen molar-refractivity contribution in [2.45, 2.75) is 31.8 Å². The van der Waals surface area contributed by atoms with E-state index >= 15 is 0 Å². The molecule has 3 N–H and O–H groups in total. The third-order valence-corrected chi connectivity index (χ3v) is 3.51. The quantitative estimate of drug-likeness (QED) is 0.887. The molecule has 1 aliphatic carbocycles. The number of rotatable bonds is 4. The minimum Gasteiger partial charge on any atom is -0.497 e. The van der Waals surface area contributed by atoms with Crippen LogP contribution in [0.3, 0.4) is 0 Å². The maximum absolute atomic E-state index is 12.0. The number of hydrogen-bond donors (Lipinski definition) is 2. The lowest BCUT2D eigenvalue weighted by molar-refractivity contribution is -0.125. The van der Waals surface area contributed by atoms with Gasteiger partial charge in [-0.1, -0.05) is 18.6 Å². The summed E-state index contributed by atoms with van der Waals surface area (Å²) in [6.45, 7) is 0.527. The van der Waals surface area contributed by atoms with E-state index in [0.717, 1.165) is 30.6 Å². The number of ether oxygens (including phenoxy) is 1. The largest absolute Gasteiger partial charge is 0.497 e. The molecule has 5 heteroatoms. The van der Waals surface area contributed by atoms with E-state index in [0.29, 0.717) is 6.54 Å². The van der Waals surface area contributed by atoms with Gasteiger partial charge in [0.1, 0.15) is 5.75 Å². The number of hydrogen-bond acceptors (Lipinski definition) is 3. The summed E-state index contributed by atoms with van der Waals surface area (Å²) in [5.74, 6) is 0.859. The molecule has 19 heavy (non-hydrogen) atoms. The molecule has 2 unspecified atom stereocenters. The van der Waals surface area contributed by atoms with Crippen molar-refractivity contribution >= 4 is 18.3 Å². The summed E-state index contributed by atoms with van der Waals surface area (Å²) in [4.78, 5) is 12.0. The van der Waals surface area contributed by atoms with Crippen LogP contribution < -0.4 is 15.8 Å². The summed E-state index contributed by atoms with van der Waals surface area (Å²) in [5, 5.41) is 2.95. The number of amides is 1. The van der Waals surface area contributed by atoms with E-state index in [1.807, 2.05) is 24.3 Å². The molecule has 0 spiro atoms. The van der Waals surface area contributed by atoms with Crippen molar-refractivity contribution < 1.29 is 9.53 Å². The molecule has 2 atom stereocenters. The van der Waals surface area contributed by atoms with Crippen LogP contribution in [0.1, 0.15) is 24.8 Å². The minimum atomic E-state index is -0.0180. The lowest BCUT2D eigenvalue weighted by Gasteiger charge is -2.15. The third kappa shape index (κ3) is 4.11. The zero-order valence-corrected chi connectivity index (χ0v) is 11.9. The number of benzene rings is 1. The molecule has 0 aliphatic heterocycles. The Morgan fingerprint density at radius 2 is 2.26 bits per heavy atom. The summed E-state index contributed by atoms with van der Waals surface area (Å²) in [6, 6.07) is 7.72. The predicted octanol–water partition coefficient (Wildman–Crippen LogP) is 1.86. The topological polar surface area (TPSA) is 64.3 Å². The fourth-order valence-electron chi connectivity index (χ4n) is 2.42. The monoisotopic (exact) mass is 284 g/mol. The molecule has 0 radical (unpaired) electrons. The van der Waals surface area contributed by atoms with Gasteiger partial charge in [0, 0.05) is 12.6 Å². The lowest BCUT2D eigenvalue weighted by Crippen LogP contribution is -2.38. The SMILES string of the molecule is COc1cccc(CNC(=O)C2CCCC2N)c1.Cl. The number of carbonyl (C=O) groups is 1. The summed E-state index contributed by atoms with van der Waals surface area (Å²) >= 11 is 0. The van der Waals surface area contributed by atoms with Crippen LogP contribution in [0.2, 0.25) is 0 Å². The van der Waals surface area contributed by atoms with Crippen LogP contribution in [0.4, 0.5) is 0 Å². The summed E-state index contributed by atoms with van der Waals surface area (Å²) in [6.07, 6.45) is 2.92. The number of halogens is 1. The molecule has 0 saturated heterocycles. The fraction of sp³-hybridized carbons (Fsp3) is 0.500. The first-order valence-electron chi connectivity index (χ1n) is 6.37. The smallest absolute Gasteiger partial charge is 0.224 e. The van der Waals surface area contributed by atoms with E-state index < -0.39 is 0 Å². The Bertz CT molecular complexity index is 426. The van der Waals surface area contributed by atoms with E-state index in [9.17, 15) is 4.79 Å². The molecule has 1 aromatic rings. The molecule has 0 bridgehead atoms. The molecular formula is C14H21ClN2O2. The first-order chi connectivity index (χ1) is 8.70. The Morgan fingerprint density at radius 3 is 2.89 bits per heavy atom. The normalized spacial score (nSPS) is 21.6. The van der Waals surface area contributed by atoms with Gasteiger partial charge in [-0.05, 0) is 30.5 Å². The van der Waals surface area contributed by atoms with E-state index in [4.69, 9.17) is 10.5 Å². The van der Waals surface area contributed by atoms with Crippen LogP contribution >= 0.6 is 12.4 Å². The summed E-state index contributed by atoms with van der Waals surface area (Å²) in [7, 11) is 1.63. The number of carbonyl (C=O) groups excluding carboxylic acids is 1. The number of nitrogens with two attached hydrogens (primary N) is 1. The standard InChI is InChI=1S/C14H20N2O2.ClH/c1-18-11-5-2-4-10(8-11)9-16-14(17)12-6-3-7-13(12)15;/h2,4-5,8,12-13H,3,6-7,9,15H2,1H3,(H,16,17);1H. The van der Waals surface area contributed by atoms with Crippen molar-refractivity contribution in [3.63, 3.8) is 0 Å². The van der Waals surface area contributed by atoms with Crippen molar-refractivity contribution in [2.75, 3.05) is 7.11 Å². The van der Waals surface area contributed by atoms with Gasteiger partial charge in [0.25, 0.3) is 0 Å². The Hall–Kier alpha value is -1.26. The average Bonchev–Trinajstić information content (AvgIpc) is 2.82. The Morgan fingerprint density at radius 1 is 1.47 bits per heavy atom. The van der Waals surface area contributed by atoms with Gasteiger partial charge in [-0.2, -0.15) is 0 Å². The van der Waals surface area contributed by atoms with Crippen molar-refractivity contribution in [3.05, 3.63) is 29.8 Å². The van der Waals surface area contributed by atoms with Gasteiger partial charge in [-0.15, -0.1) is 12.4 Å². The Kier molecular flexibility index (Phi) is 6.12. The van der Waals surface area contributed by atoms with Gasteiger partial charge in [-0.25, -0.2) is 0 Å². The van der Waals surface area contributed by atoms with Crippen molar-refractivity contribution in [1.82, 2.24) is 5.32 Å². The van der Waals surface area contributed by atoms with Crippen LogP contribution in [0.5, 0.6) is 5.75 Å². The first kappa shape index (κ1) is 15.8. The molecule has 4 nitrogen and oxygen atoms in total. The van der Waals surface area contributed by atoms with Gasteiger partial charge in [-0.3, -0.25) is 4.79 Å². The number of methoxy groups -OCH3 is 1. The maximum atomic E-state index is 12.0. The highest BCUT2D eigenvalue weighted by molar-refractivity contribution is 5.85. The van der Waals surface area contributed by atoms with Crippen LogP contribution in [-0.2, 0) is 11.3 Å². The summed E-state index contributed by atoms with van der Waals surface area (Å²) in [5.41, 5.74) is 6.95. The highest BCUT2D eigenvalue weighted by Gasteiger charge is 2.29. The molecule has 2 rings (SSSR count). The van der Waals surface area contributed by atoms with E-state index in [1.165, 1.54) is 0 Å². The predicted molar refractivity (Wildman–Crippen MR) is 77.4 cm³/mol. The first-order valence-corrected chi connectivity index (χ1v) is 6.37. The molecule has 0 aromatic heterocycles. The van der Waals surface area contributed by atoms with Crippen LogP contribution in [-0.4, -0.2) is 19.1 Å². The summed E-state index contributed by atoms with van der Waals surface area (Å²) < 4.78 is 5.15. The molecule has 1 saturated carbocycles. The molecular weight excluding hydrogens is 264 g/mol. The van der Waals surface area contributed by atoms with E-state index in [2.05, 4.69) is 5.32 Å². The molecule has 1 aliphatic rings. The second kappa shape index (κ2) is 7.36. The fourth-order valence-corrected chi connectivity index (χ4v) is 2.42. The van der Waals surface area contributed by atoms with Gasteiger partial charge in [0.15, 0.2) is 0 Å². The van der Waals surface area contributed by atoms with Crippen molar-refractivity contribution in [3.8, 4) is 5.75 Å². The second-order valence-electron chi connectivity index (χ2n) is 4.77.